The monoisotopic (exact) mass is 413 g/mol. The van der Waals surface area contributed by atoms with Gasteiger partial charge in [0.2, 0.25) is 0 Å². The van der Waals surface area contributed by atoms with Crippen molar-refractivity contribution in [1.29, 1.82) is 0 Å². The van der Waals surface area contributed by atoms with E-state index in [1.807, 2.05) is 47.5 Å². The summed E-state index contributed by atoms with van der Waals surface area (Å²) in [6.45, 7) is 1.33. The van der Waals surface area contributed by atoms with E-state index in [4.69, 9.17) is 0 Å². The Kier molecular flexibility index (Phi) is 4.51. The number of nitrogens with zero attached hydrogens (tertiary/aromatic N) is 2. The van der Waals surface area contributed by atoms with Crippen LogP contribution in [0.3, 0.4) is 0 Å². The van der Waals surface area contributed by atoms with Gasteiger partial charge in [0, 0.05) is 35.1 Å². The zero-order valence-corrected chi connectivity index (χ0v) is 15.5. The summed E-state index contributed by atoms with van der Waals surface area (Å²) in [5.74, 6) is -0.327. The fraction of sp³-hybridized carbons (Fsp3) is 0.150. The highest BCUT2D eigenvalue weighted by Gasteiger charge is 2.32. The minimum Gasteiger partial charge on any atom is -0.348 e. The second kappa shape index (κ2) is 6.96. The molecule has 1 atom stereocenters. The molecule has 0 saturated carbocycles. The van der Waals surface area contributed by atoms with Gasteiger partial charge in [-0.25, -0.2) is 9.18 Å². The number of rotatable bonds is 2. The Balaban J connectivity index is 1.66. The fourth-order valence-corrected chi connectivity index (χ4v) is 3.59. The van der Waals surface area contributed by atoms with Gasteiger partial charge in [0.25, 0.3) is 0 Å². The molecule has 0 radical (unpaired) electrons. The van der Waals surface area contributed by atoms with Crippen LogP contribution in [0.2, 0.25) is 0 Å². The van der Waals surface area contributed by atoms with E-state index in [9.17, 15) is 9.18 Å². The summed E-state index contributed by atoms with van der Waals surface area (Å²) in [7, 11) is 0. The Labute approximate surface area is 159 Å². The van der Waals surface area contributed by atoms with E-state index in [0.29, 0.717) is 12.2 Å². The van der Waals surface area contributed by atoms with Gasteiger partial charge in [0.15, 0.2) is 0 Å². The molecule has 2 amide bonds. The summed E-state index contributed by atoms with van der Waals surface area (Å²) in [6, 6.07) is 17.5. The highest BCUT2D eigenvalue weighted by molar-refractivity contribution is 9.10. The second-order valence-electron chi connectivity index (χ2n) is 6.21. The quantitative estimate of drug-likeness (QED) is 0.628. The van der Waals surface area contributed by atoms with E-state index >= 15 is 0 Å². The molecule has 6 heteroatoms. The van der Waals surface area contributed by atoms with E-state index in [0.717, 1.165) is 22.3 Å². The van der Waals surface area contributed by atoms with Crippen molar-refractivity contribution in [1.82, 2.24) is 9.47 Å². The smallest absolute Gasteiger partial charge is 0.322 e. The van der Waals surface area contributed by atoms with Crippen LogP contribution < -0.4 is 5.32 Å². The lowest BCUT2D eigenvalue weighted by Gasteiger charge is -2.37. The Morgan fingerprint density at radius 1 is 1.04 bits per heavy atom. The maximum Gasteiger partial charge on any atom is 0.322 e. The Hall–Kier alpha value is -2.60. The molecule has 1 aliphatic rings. The summed E-state index contributed by atoms with van der Waals surface area (Å²) < 4.78 is 16.3. The number of amides is 2. The molecule has 1 aromatic heterocycles. The molecule has 0 aliphatic carbocycles. The molecular formula is C20H17BrFN3O. The zero-order chi connectivity index (χ0) is 18.1. The van der Waals surface area contributed by atoms with Crippen molar-refractivity contribution in [3.8, 4) is 0 Å². The maximum atomic E-state index is 13.1. The number of halogens is 2. The van der Waals surface area contributed by atoms with Crippen LogP contribution in [0.1, 0.15) is 17.3 Å². The lowest BCUT2D eigenvalue weighted by atomic mass is 10.0. The molecule has 2 heterocycles. The van der Waals surface area contributed by atoms with Gasteiger partial charge in [0.05, 0.1) is 6.04 Å². The number of benzene rings is 2. The van der Waals surface area contributed by atoms with Crippen molar-refractivity contribution in [3.05, 3.63) is 88.4 Å². The lowest BCUT2D eigenvalue weighted by molar-refractivity contribution is 0.182. The molecule has 2 aromatic carbocycles. The van der Waals surface area contributed by atoms with E-state index in [2.05, 4.69) is 25.8 Å². The van der Waals surface area contributed by atoms with E-state index in [-0.39, 0.29) is 17.9 Å². The van der Waals surface area contributed by atoms with Gasteiger partial charge in [-0.1, -0.05) is 28.1 Å². The van der Waals surface area contributed by atoms with Gasteiger partial charge in [-0.2, -0.15) is 0 Å². The second-order valence-corrected chi connectivity index (χ2v) is 7.13. The number of hydrogen-bond donors (Lipinski definition) is 1. The molecule has 1 N–H and O–H groups in total. The van der Waals surface area contributed by atoms with Gasteiger partial charge in [-0.15, -0.1) is 0 Å². The van der Waals surface area contributed by atoms with E-state index in [1.165, 1.54) is 12.1 Å². The normalized spacial score (nSPS) is 16.2. The number of carbonyl (C=O) groups excluding carboxylic acids is 1. The number of aromatic nitrogens is 1. The van der Waals surface area contributed by atoms with E-state index in [1.54, 1.807) is 12.1 Å². The molecule has 1 unspecified atom stereocenters. The third-order valence-corrected chi connectivity index (χ3v) is 5.11. The topological polar surface area (TPSA) is 37.3 Å². The number of nitrogens with one attached hydrogen (secondary N) is 1. The molecule has 132 valence electrons. The first-order valence-corrected chi connectivity index (χ1v) is 9.15. The number of fused-ring (bicyclic) bond motifs is 1. The fourth-order valence-electron chi connectivity index (χ4n) is 3.33. The van der Waals surface area contributed by atoms with Crippen LogP contribution in [0.5, 0.6) is 0 Å². The average Bonchev–Trinajstić information content (AvgIpc) is 3.12. The highest BCUT2D eigenvalue weighted by atomic mass is 79.9. The number of hydrogen-bond acceptors (Lipinski definition) is 1. The largest absolute Gasteiger partial charge is 0.348 e. The first-order chi connectivity index (χ1) is 12.6. The van der Waals surface area contributed by atoms with Crippen LogP contribution >= 0.6 is 15.9 Å². The van der Waals surface area contributed by atoms with Crippen LogP contribution in [0, 0.1) is 5.82 Å². The molecule has 3 aromatic rings. The first kappa shape index (κ1) is 16.8. The molecule has 0 saturated heterocycles. The number of urea groups is 1. The highest BCUT2D eigenvalue weighted by Crippen LogP contribution is 2.33. The minimum atomic E-state index is -0.327. The average molecular weight is 414 g/mol. The minimum absolute atomic E-state index is 0.174. The third-order valence-electron chi connectivity index (χ3n) is 4.58. The first-order valence-electron chi connectivity index (χ1n) is 8.35. The van der Waals surface area contributed by atoms with Gasteiger partial charge in [-0.3, -0.25) is 0 Å². The molecule has 4 nitrogen and oxygen atoms in total. The van der Waals surface area contributed by atoms with Gasteiger partial charge >= 0.3 is 6.03 Å². The molecule has 1 aliphatic heterocycles. The predicted octanol–water partition coefficient (Wildman–Crippen LogP) is 5.03. The van der Waals surface area contributed by atoms with Crippen LogP contribution in [-0.2, 0) is 6.54 Å². The summed E-state index contributed by atoms with van der Waals surface area (Å²) in [5, 5.41) is 2.87. The Morgan fingerprint density at radius 2 is 1.77 bits per heavy atom. The molecule has 4 rings (SSSR count). The molecule has 0 spiro atoms. The molecule has 26 heavy (non-hydrogen) atoms. The van der Waals surface area contributed by atoms with Crippen molar-refractivity contribution < 1.29 is 9.18 Å². The number of carbonyl (C=O) groups is 1. The van der Waals surface area contributed by atoms with Crippen LogP contribution in [0.25, 0.3) is 0 Å². The molecule has 0 bridgehead atoms. The molecule has 0 fully saturated rings. The summed E-state index contributed by atoms with van der Waals surface area (Å²) >= 11 is 3.46. The summed E-state index contributed by atoms with van der Waals surface area (Å²) in [6.07, 6.45) is 2.04. The third kappa shape index (κ3) is 3.24. The standard InChI is InChI=1S/C20H17BrFN3O/c21-15-5-3-14(4-6-15)19-18-2-1-11-24(18)12-13-25(19)20(26)23-17-9-7-16(22)8-10-17/h1-11,19H,12-13H2,(H,23,26). The zero-order valence-electron chi connectivity index (χ0n) is 13.9. The molecular weight excluding hydrogens is 397 g/mol. The SMILES string of the molecule is O=C(Nc1ccc(F)cc1)N1CCn2cccc2C1c1ccc(Br)cc1. The van der Waals surface area contributed by atoms with Crippen molar-refractivity contribution in [2.75, 3.05) is 11.9 Å². The Bertz CT molecular complexity index is 921. The lowest BCUT2D eigenvalue weighted by Crippen LogP contribution is -2.44. The van der Waals surface area contributed by atoms with Crippen LogP contribution in [-0.4, -0.2) is 22.0 Å². The van der Waals surface area contributed by atoms with Crippen molar-refractivity contribution in [3.63, 3.8) is 0 Å². The summed E-state index contributed by atoms with van der Waals surface area (Å²) in [4.78, 5) is 14.8. The van der Waals surface area contributed by atoms with Gasteiger partial charge < -0.3 is 14.8 Å². The van der Waals surface area contributed by atoms with Gasteiger partial charge in [0.1, 0.15) is 5.82 Å². The Morgan fingerprint density at radius 3 is 2.50 bits per heavy atom. The number of anilines is 1. The van der Waals surface area contributed by atoms with Gasteiger partial charge in [-0.05, 0) is 54.1 Å². The summed E-state index contributed by atoms with van der Waals surface area (Å²) in [5.41, 5.74) is 2.70. The predicted molar refractivity (Wildman–Crippen MR) is 103 cm³/mol. The maximum absolute atomic E-state index is 13.1. The van der Waals surface area contributed by atoms with Crippen LogP contribution in [0.15, 0.2) is 71.3 Å². The van der Waals surface area contributed by atoms with Crippen molar-refractivity contribution >= 4 is 27.6 Å². The van der Waals surface area contributed by atoms with E-state index < -0.39 is 0 Å². The van der Waals surface area contributed by atoms with Crippen LogP contribution in [0.4, 0.5) is 14.9 Å². The van der Waals surface area contributed by atoms with Crippen molar-refractivity contribution in [2.24, 2.45) is 0 Å². The van der Waals surface area contributed by atoms with Crippen molar-refractivity contribution in [2.45, 2.75) is 12.6 Å².